The summed E-state index contributed by atoms with van der Waals surface area (Å²) < 4.78 is 10.3. The minimum Gasteiger partial charge on any atom is -0.508 e. The van der Waals surface area contributed by atoms with Crippen LogP contribution < -0.4 is 9.47 Å². The van der Waals surface area contributed by atoms with Crippen LogP contribution in [0.1, 0.15) is 22.8 Å². The molecule has 0 aliphatic carbocycles. The molecule has 0 radical (unpaired) electrons. The number of aryl methyl sites for hydroxylation is 1. The highest BCUT2D eigenvalue weighted by molar-refractivity contribution is 5.92. The number of hydrogen-bond acceptors (Lipinski definition) is 5. The van der Waals surface area contributed by atoms with Gasteiger partial charge >= 0.3 is 11.9 Å². The van der Waals surface area contributed by atoms with E-state index < -0.39 is 11.9 Å². The molecule has 2 rings (SSSR count). The molecule has 0 atom stereocenters. The summed E-state index contributed by atoms with van der Waals surface area (Å²) in [6.07, 6.45) is 0. The largest absolute Gasteiger partial charge is 0.508 e. The van der Waals surface area contributed by atoms with Gasteiger partial charge in [-0.2, -0.15) is 0 Å². The quantitative estimate of drug-likeness (QED) is 0.532. The number of ether oxygens (including phenoxy) is 2. The molecule has 0 amide bonds. The van der Waals surface area contributed by atoms with Crippen LogP contribution in [0.5, 0.6) is 17.2 Å². The van der Waals surface area contributed by atoms with E-state index in [1.165, 1.54) is 42.5 Å². The van der Waals surface area contributed by atoms with Gasteiger partial charge in [-0.25, -0.2) is 9.59 Å². The first-order valence-electron chi connectivity index (χ1n) is 6.86. The van der Waals surface area contributed by atoms with E-state index >= 15 is 0 Å². The molecule has 0 aliphatic rings. The minimum atomic E-state index is -0.533. The van der Waals surface area contributed by atoms with Gasteiger partial charge in [-0.1, -0.05) is 6.58 Å². The molecule has 0 unspecified atom stereocenters. The number of rotatable bonds is 4. The second-order valence-corrected chi connectivity index (χ2v) is 5.03. The van der Waals surface area contributed by atoms with Crippen molar-refractivity contribution in [2.24, 2.45) is 0 Å². The van der Waals surface area contributed by atoms with Gasteiger partial charge in [0.15, 0.2) is 0 Å². The molecule has 5 nitrogen and oxygen atoms in total. The Morgan fingerprint density at radius 3 is 2.09 bits per heavy atom. The van der Waals surface area contributed by atoms with Crippen molar-refractivity contribution >= 4 is 11.9 Å². The number of carbonyl (C=O) groups excluding carboxylic acids is 2. The lowest BCUT2D eigenvalue weighted by molar-refractivity contribution is -0.130. The summed E-state index contributed by atoms with van der Waals surface area (Å²) in [4.78, 5) is 23.5. The number of carbonyl (C=O) groups is 2. The van der Waals surface area contributed by atoms with Crippen LogP contribution in [0, 0.1) is 6.92 Å². The number of phenolic OH excluding ortho intramolecular Hbond substituents is 1. The summed E-state index contributed by atoms with van der Waals surface area (Å²) in [6, 6.07) is 10.5. The van der Waals surface area contributed by atoms with E-state index in [1.54, 1.807) is 13.8 Å². The normalized spacial score (nSPS) is 10.0. The highest BCUT2D eigenvalue weighted by atomic mass is 16.5. The summed E-state index contributed by atoms with van der Waals surface area (Å²) in [5, 5.41) is 9.35. The van der Waals surface area contributed by atoms with E-state index in [1.807, 2.05) is 0 Å². The van der Waals surface area contributed by atoms with Crippen LogP contribution in [-0.2, 0) is 4.79 Å². The molecule has 0 saturated heterocycles. The summed E-state index contributed by atoms with van der Waals surface area (Å²) in [5.74, 6) is -0.317. The predicted molar refractivity (Wildman–Crippen MR) is 84.7 cm³/mol. The zero-order valence-corrected chi connectivity index (χ0v) is 12.8. The average Bonchev–Trinajstić information content (AvgIpc) is 2.48. The first-order valence-corrected chi connectivity index (χ1v) is 6.86. The van der Waals surface area contributed by atoms with Crippen molar-refractivity contribution in [2.45, 2.75) is 13.8 Å². The number of esters is 2. The molecule has 0 bridgehead atoms. The molecular weight excluding hydrogens is 296 g/mol. The fourth-order valence-corrected chi connectivity index (χ4v) is 1.81. The van der Waals surface area contributed by atoms with Gasteiger partial charge in [0, 0.05) is 5.57 Å². The van der Waals surface area contributed by atoms with Gasteiger partial charge in [0.2, 0.25) is 0 Å². The molecule has 1 N–H and O–H groups in total. The van der Waals surface area contributed by atoms with Gasteiger partial charge in [0.25, 0.3) is 0 Å². The Balaban J connectivity index is 2.07. The van der Waals surface area contributed by atoms with Crippen molar-refractivity contribution in [3.8, 4) is 17.2 Å². The highest BCUT2D eigenvalue weighted by Gasteiger charge is 2.12. The summed E-state index contributed by atoms with van der Waals surface area (Å²) in [7, 11) is 0. The molecule has 0 saturated carbocycles. The van der Waals surface area contributed by atoms with Crippen LogP contribution in [-0.4, -0.2) is 17.0 Å². The van der Waals surface area contributed by atoms with Crippen LogP contribution in [0.3, 0.4) is 0 Å². The smallest absolute Gasteiger partial charge is 0.343 e. The number of aromatic hydroxyl groups is 1. The van der Waals surface area contributed by atoms with Gasteiger partial charge in [-0.3, -0.25) is 0 Å². The van der Waals surface area contributed by atoms with Crippen LogP contribution in [0.2, 0.25) is 0 Å². The zero-order chi connectivity index (χ0) is 17.0. The van der Waals surface area contributed by atoms with E-state index in [9.17, 15) is 14.7 Å². The van der Waals surface area contributed by atoms with E-state index in [4.69, 9.17) is 9.47 Å². The Morgan fingerprint density at radius 1 is 1.00 bits per heavy atom. The lowest BCUT2D eigenvalue weighted by atomic mass is 10.1. The van der Waals surface area contributed by atoms with Crippen LogP contribution in [0.25, 0.3) is 0 Å². The third kappa shape index (κ3) is 4.20. The second kappa shape index (κ2) is 6.79. The third-order valence-electron chi connectivity index (χ3n) is 3.02. The fraction of sp³-hybridized carbons (Fsp3) is 0.111. The Bertz CT molecular complexity index is 759. The first kappa shape index (κ1) is 16.3. The van der Waals surface area contributed by atoms with Crippen molar-refractivity contribution in [2.75, 3.05) is 0 Å². The van der Waals surface area contributed by atoms with Crippen molar-refractivity contribution in [3.05, 3.63) is 65.7 Å². The van der Waals surface area contributed by atoms with E-state index in [0.717, 1.165) is 0 Å². The van der Waals surface area contributed by atoms with Crippen molar-refractivity contribution in [3.63, 3.8) is 0 Å². The average molecular weight is 312 g/mol. The van der Waals surface area contributed by atoms with Gasteiger partial charge < -0.3 is 14.6 Å². The number of benzene rings is 2. The molecule has 118 valence electrons. The SMILES string of the molecule is C=C(C)C(=O)Oc1ccc(OC(=O)c2ccc(O)cc2C)cc1. The lowest BCUT2D eigenvalue weighted by Crippen LogP contribution is -2.10. The molecule has 0 fully saturated rings. The summed E-state index contributed by atoms with van der Waals surface area (Å²) in [5.41, 5.74) is 1.27. The van der Waals surface area contributed by atoms with Crippen molar-refractivity contribution in [1.29, 1.82) is 0 Å². The van der Waals surface area contributed by atoms with E-state index in [0.29, 0.717) is 28.2 Å². The molecule has 0 aromatic heterocycles. The maximum atomic E-state index is 12.1. The molecule has 0 spiro atoms. The number of hydrogen-bond donors (Lipinski definition) is 1. The molecule has 23 heavy (non-hydrogen) atoms. The van der Waals surface area contributed by atoms with Gasteiger partial charge in [0.1, 0.15) is 17.2 Å². The van der Waals surface area contributed by atoms with Gasteiger partial charge in [-0.15, -0.1) is 0 Å². The molecule has 2 aromatic rings. The standard InChI is InChI=1S/C18H16O5/c1-11(2)17(20)22-14-5-7-15(8-6-14)23-18(21)16-9-4-13(19)10-12(16)3/h4-10,19H,1H2,2-3H3. The summed E-state index contributed by atoms with van der Waals surface area (Å²) >= 11 is 0. The van der Waals surface area contributed by atoms with Crippen LogP contribution in [0.15, 0.2) is 54.6 Å². The summed E-state index contributed by atoms with van der Waals surface area (Å²) in [6.45, 7) is 6.75. The van der Waals surface area contributed by atoms with E-state index in [2.05, 4.69) is 6.58 Å². The first-order chi connectivity index (χ1) is 10.9. The Hall–Kier alpha value is -3.08. The molecule has 0 aliphatic heterocycles. The molecular formula is C18H16O5. The maximum Gasteiger partial charge on any atom is 0.343 e. The molecule has 2 aromatic carbocycles. The van der Waals surface area contributed by atoms with Gasteiger partial charge in [0.05, 0.1) is 5.56 Å². The number of phenols is 1. The minimum absolute atomic E-state index is 0.0859. The lowest BCUT2D eigenvalue weighted by Gasteiger charge is -2.08. The van der Waals surface area contributed by atoms with Crippen LogP contribution >= 0.6 is 0 Å². The van der Waals surface area contributed by atoms with Crippen molar-refractivity contribution < 1.29 is 24.2 Å². The topological polar surface area (TPSA) is 72.8 Å². The van der Waals surface area contributed by atoms with E-state index in [-0.39, 0.29) is 5.75 Å². The monoisotopic (exact) mass is 312 g/mol. The molecule has 0 heterocycles. The fourth-order valence-electron chi connectivity index (χ4n) is 1.81. The van der Waals surface area contributed by atoms with Crippen LogP contribution in [0.4, 0.5) is 0 Å². The predicted octanol–water partition coefficient (Wildman–Crippen LogP) is 3.40. The van der Waals surface area contributed by atoms with Crippen molar-refractivity contribution in [1.82, 2.24) is 0 Å². The molecule has 5 heteroatoms. The second-order valence-electron chi connectivity index (χ2n) is 5.03. The Kier molecular flexibility index (Phi) is 4.81. The Morgan fingerprint density at radius 2 is 1.57 bits per heavy atom. The highest BCUT2D eigenvalue weighted by Crippen LogP contribution is 2.21. The maximum absolute atomic E-state index is 12.1. The third-order valence-corrected chi connectivity index (χ3v) is 3.02. The van der Waals surface area contributed by atoms with Gasteiger partial charge in [-0.05, 0) is 61.9 Å². The zero-order valence-electron chi connectivity index (χ0n) is 12.8. The Labute approximate surface area is 133 Å².